The number of benzene rings is 2. The lowest BCUT2D eigenvalue weighted by Gasteiger charge is -2.29. The molecular weight excluding hydrogens is 439 g/mol. The molecule has 1 aliphatic carbocycles. The van der Waals surface area contributed by atoms with Gasteiger partial charge in [-0.05, 0) is 49.1 Å². The molecule has 3 aromatic rings. The number of carbonyl (C=O) groups is 1. The number of nitrogens with one attached hydrogen (secondary N) is 1. The predicted molar refractivity (Wildman–Crippen MR) is 116 cm³/mol. The minimum Gasteiger partial charge on any atom is -0.496 e. The zero-order valence-corrected chi connectivity index (χ0v) is 18.1. The van der Waals surface area contributed by atoms with E-state index in [1.807, 2.05) is 4.57 Å². The maximum Gasteiger partial charge on any atom is 0.573 e. The number of aromatic nitrogens is 2. The van der Waals surface area contributed by atoms with Crippen molar-refractivity contribution in [3.63, 3.8) is 0 Å². The Morgan fingerprint density at radius 2 is 1.94 bits per heavy atom. The van der Waals surface area contributed by atoms with E-state index in [1.165, 1.54) is 37.4 Å². The van der Waals surface area contributed by atoms with E-state index in [0.717, 1.165) is 31.2 Å². The van der Waals surface area contributed by atoms with E-state index in [2.05, 4.69) is 22.0 Å². The molecule has 10 heteroatoms. The molecule has 2 atom stereocenters. The van der Waals surface area contributed by atoms with Crippen molar-refractivity contribution in [2.45, 2.75) is 45.0 Å². The van der Waals surface area contributed by atoms with Gasteiger partial charge >= 0.3 is 12.3 Å². The molecule has 1 fully saturated rings. The molecule has 0 radical (unpaired) electrons. The fraction of sp³-hybridized carbons (Fsp3) is 0.391. The van der Waals surface area contributed by atoms with Crippen LogP contribution in [0.2, 0.25) is 0 Å². The highest BCUT2D eigenvalue weighted by atomic mass is 19.4. The number of alkyl halides is 3. The Balaban J connectivity index is 1.76. The molecule has 33 heavy (non-hydrogen) atoms. The highest BCUT2D eigenvalue weighted by Crippen LogP contribution is 2.39. The molecule has 4 rings (SSSR count). The third-order valence-electron chi connectivity index (χ3n) is 5.86. The summed E-state index contributed by atoms with van der Waals surface area (Å²) in [6, 6.07) is 8.67. The molecule has 2 aromatic carbocycles. The lowest BCUT2D eigenvalue weighted by molar-refractivity contribution is -0.274. The first-order valence-corrected chi connectivity index (χ1v) is 10.6. The zero-order valence-electron chi connectivity index (χ0n) is 18.1. The third kappa shape index (κ3) is 4.99. The van der Waals surface area contributed by atoms with E-state index < -0.39 is 12.3 Å². The lowest BCUT2D eigenvalue weighted by atomic mass is 9.87. The number of halogens is 3. The van der Waals surface area contributed by atoms with Crippen molar-refractivity contribution >= 4 is 28.6 Å². The Morgan fingerprint density at radius 1 is 1.21 bits per heavy atom. The summed E-state index contributed by atoms with van der Waals surface area (Å²) in [6.45, 7) is 2.20. The number of carboxylic acid groups (broad SMARTS) is 1. The fourth-order valence-corrected chi connectivity index (χ4v) is 4.42. The number of hydrogen-bond donors (Lipinski definition) is 2. The van der Waals surface area contributed by atoms with Gasteiger partial charge in [-0.3, -0.25) is 0 Å². The molecule has 0 aliphatic heterocycles. The van der Waals surface area contributed by atoms with Gasteiger partial charge in [-0.2, -0.15) is 0 Å². The fourth-order valence-electron chi connectivity index (χ4n) is 4.42. The summed E-state index contributed by atoms with van der Waals surface area (Å²) in [5.74, 6) is -0.200. The molecule has 176 valence electrons. The lowest BCUT2D eigenvalue weighted by Crippen LogP contribution is -2.19. The first kappa shape index (κ1) is 22.8. The second-order valence-electron chi connectivity index (χ2n) is 8.27. The summed E-state index contributed by atoms with van der Waals surface area (Å²) in [6.07, 6.45) is -0.702. The van der Waals surface area contributed by atoms with E-state index in [4.69, 9.17) is 4.74 Å². The van der Waals surface area contributed by atoms with E-state index in [9.17, 15) is 23.1 Å². The number of methoxy groups -OCH3 is 1. The van der Waals surface area contributed by atoms with Crippen LogP contribution >= 0.6 is 0 Å². The monoisotopic (exact) mass is 463 g/mol. The molecule has 1 saturated carbocycles. The second kappa shape index (κ2) is 8.84. The molecule has 1 aliphatic rings. The summed E-state index contributed by atoms with van der Waals surface area (Å²) in [5.41, 5.74) is 1.75. The van der Waals surface area contributed by atoms with Crippen LogP contribution in [0.15, 0.2) is 36.4 Å². The molecule has 0 amide bonds. The quantitative estimate of drug-likeness (QED) is 0.457. The molecule has 2 unspecified atom stereocenters. The highest BCUT2D eigenvalue weighted by Gasteiger charge is 2.31. The Morgan fingerprint density at radius 3 is 2.55 bits per heavy atom. The SMILES string of the molecule is COc1cc2c(cc1C(=O)O)nc(Nc1ccc(OC(F)(F)F)cc1)n2C1CCCC(C)C1. The van der Waals surface area contributed by atoms with Crippen molar-refractivity contribution in [2.75, 3.05) is 12.4 Å². The summed E-state index contributed by atoms with van der Waals surface area (Å²) in [4.78, 5) is 16.3. The van der Waals surface area contributed by atoms with Crippen LogP contribution in [0.25, 0.3) is 11.0 Å². The number of anilines is 2. The minimum atomic E-state index is -4.76. The summed E-state index contributed by atoms with van der Waals surface area (Å²) < 4.78 is 48.6. The average Bonchev–Trinajstić information content (AvgIpc) is 3.09. The predicted octanol–water partition coefficient (Wildman–Crippen LogP) is 6.14. The molecule has 0 bridgehead atoms. The van der Waals surface area contributed by atoms with Crippen molar-refractivity contribution in [1.29, 1.82) is 0 Å². The molecule has 1 heterocycles. The maximum atomic E-state index is 12.4. The Hall–Kier alpha value is -3.43. The van der Waals surface area contributed by atoms with Gasteiger partial charge in [-0.1, -0.05) is 19.8 Å². The van der Waals surface area contributed by atoms with Gasteiger partial charge in [-0.25, -0.2) is 9.78 Å². The van der Waals surface area contributed by atoms with Gasteiger partial charge in [0.05, 0.1) is 18.1 Å². The van der Waals surface area contributed by atoms with Crippen molar-refractivity contribution in [3.05, 3.63) is 42.0 Å². The summed E-state index contributed by atoms with van der Waals surface area (Å²) >= 11 is 0. The number of imidazole rings is 1. The number of rotatable bonds is 6. The van der Waals surface area contributed by atoms with Gasteiger partial charge in [0.25, 0.3) is 0 Å². The summed E-state index contributed by atoms with van der Waals surface area (Å²) in [7, 11) is 1.42. The van der Waals surface area contributed by atoms with Gasteiger partial charge < -0.3 is 24.5 Å². The van der Waals surface area contributed by atoms with Gasteiger partial charge in [0.1, 0.15) is 17.1 Å². The Bertz CT molecular complexity index is 1160. The summed E-state index contributed by atoms with van der Waals surface area (Å²) in [5, 5.41) is 12.7. The largest absolute Gasteiger partial charge is 0.573 e. The second-order valence-corrected chi connectivity index (χ2v) is 8.27. The van der Waals surface area contributed by atoms with Crippen molar-refractivity contribution < 1.29 is 32.5 Å². The van der Waals surface area contributed by atoms with Crippen LogP contribution < -0.4 is 14.8 Å². The first-order valence-electron chi connectivity index (χ1n) is 10.6. The highest BCUT2D eigenvalue weighted by molar-refractivity contribution is 5.96. The van der Waals surface area contributed by atoms with Crippen LogP contribution in [0, 0.1) is 5.92 Å². The van der Waals surface area contributed by atoms with E-state index >= 15 is 0 Å². The number of ether oxygens (including phenoxy) is 2. The van der Waals surface area contributed by atoms with E-state index in [-0.39, 0.29) is 23.1 Å². The Kier molecular flexibility index (Phi) is 6.09. The molecular formula is C23H24F3N3O4. The Labute approximate surface area is 188 Å². The molecule has 0 spiro atoms. The first-order chi connectivity index (χ1) is 15.6. The molecule has 0 saturated heterocycles. The zero-order chi connectivity index (χ0) is 23.8. The third-order valence-corrected chi connectivity index (χ3v) is 5.86. The van der Waals surface area contributed by atoms with Crippen LogP contribution in [0.5, 0.6) is 11.5 Å². The van der Waals surface area contributed by atoms with Crippen molar-refractivity contribution in [3.8, 4) is 11.5 Å². The number of nitrogens with zero attached hydrogens (tertiary/aromatic N) is 2. The van der Waals surface area contributed by atoms with Crippen LogP contribution in [-0.4, -0.2) is 34.1 Å². The van der Waals surface area contributed by atoms with Gasteiger partial charge in [0, 0.05) is 17.8 Å². The van der Waals surface area contributed by atoms with Gasteiger partial charge in [0.15, 0.2) is 0 Å². The van der Waals surface area contributed by atoms with E-state index in [0.29, 0.717) is 23.1 Å². The molecule has 1 aromatic heterocycles. The number of aromatic carboxylic acids is 1. The number of fused-ring (bicyclic) bond motifs is 1. The van der Waals surface area contributed by atoms with Crippen LogP contribution in [0.1, 0.15) is 49.0 Å². The van der Waals surface area contributed by atoms with E-state index in [1.54, 1.807) is 6.07 Å². The van der Waals surface area contributed by atoms with Crippen LogP contribution in [0.3, 0.4) is 0 Å². The van der Waals surface area contributed by atoms with Gasteiger partial charge in [0.2, 0.25) is 5.95 Å². The molecule has 2 N–H and O–H groups in total. The topological polar surface area (TPSA) is 85.6 Å². The smallest absolute Gasteiger partial charge is 0.496 e. The van der Waals surface area contributed by atoms with Crippen molar-refractivity contribution in [1.82, 2.24) is 9.55 Å². The molecule has 7 nitrogen and oxygen atoms in total. The maximum absolute atomic E-state index is 12.4. The van der Waals surface area contributed by atoms with Crippen LogP contribution in [0.4, 0.5) is 24.8 Å². The average molecular weight is 463 g/mol. The number of carboxylic acids is 1. The van der Waals surface area contributed by atoms with Crippen molar-refractivity contribution in [2.24, 2.45) is 5.92 Å². The standard InChI is InChI=1S/C23H24F3N3O4/c1-13-4-3-5-15(10-13)29-19-12-20(32-2)17(21(30)31)11-18(19)28-22(29)27-14-6-8-16(9-7-14)33-23(24,25)26/h6-9,11-13,15H,3-5,10H2,1-2H3,(H,27,28)(H,30,31). The van der Waals surface area contributed by atoms with Crippen LogP contribution in [-0.2, 0) is 0 Å². The van der Waals surface area contributed by atoms with Gasteiger partial charge in [-0.15, -0.1) is 13.2 Å². The normalized spacial score (nSPS) is 18.8. The number of hydrogen-bond acceptors (Lipinski definition) is 5. The minimum absolute atomic E-state index is 0.00636.